The molecule has 1 aromatic rings. The molecule has 2 aliphatic heterocycles. The van der Waals surface area contributed by atoms with Gasteiger partial charge in [-0.2, -0.15) is 11.8 Å². The first kappa shape index (κ1) is 13.9. The lowest BCUT2D eigenvalue weighted by Crippen LogP contribution is -2.32. The summed E-state index contributed by atoms with van der Waals surface area (Å²) in [6.45, 7) is 9.24. The van der Waals surface area contributed by atoms with E-state index >= 15 is 0 Å². The number of hydrogen-bond acceptors (Lipinski definition) is 5. The fourth-order valence-corrected chi connectivity index (χ4v) is 5.09. The highest BCUT2D eigenvalue weighted by Crippen LogP contribution is 2.31. The highest BCUT2D eigenvalue weighted by Gasteiger charge is 2.25. The lowest BCUT2D eigenvalue weighted by atomic mass is 10.1. The van der Waals surface area contributed by atoms with Gasteiger partial charge in [-0.05, 0) is 5.92 Å². The molecule has 0 aliphatic carbocycles. The van der Waals surface area contributed by atoms with E-state index in [2.05, 4.69) is 24.1 Å². The number of fused-ring (bicyclic) bond motifs is 1. The summed E-state index contributed by atoms with van der Waals surface area (Å²) in [6.07, 6.45) is 1.14. The van der Waals surface area contributed by atoms with E-state index in [0.29, 0.717) is 6.04 Å². The standard InChI is InChI=1S/C14H23N3S2/c1-10(2)7-17-5-3-11-13(8-17)19-14(16-11)12-9-18-6-4-15-12/h10,12,15H,3-9H2,1-2H3. The van der Waals surface area contributed by atoms with Crippen molar-refractivity contribution in [1.29, 1.82) is 0 Å². The van der Waals surface area contributed by atoms with E-state index in [-0.39, 0.29) is 0 Å². The predicted molar refractivity (Wildman–Crippen MR) is 84.0 cm³/mol. The first-order chi connectivity index (χ1) is 9.22. The molecule has 3 rings (SSSR count). The lowest BCUT2D eigenvalue weighted by molar-refractivity contribution is 0.228. The minimum absolute atomic E-state index is 0.493. The minimum Gasteiger partial charge on any atom is -0.306 e. The second-order valence-electron chi connectivity index (χ2n) is 5.88. The molecule has 1 atom stereocenters. The maximum atomic E-state index is 4.90. The third kappa shape index (κ3) is 3.32. The summed E-state index contributed by atoms with van der Waals surface area (Å²) in [4.78, 5) is 9.00. The Bertz CT molecular complexity index is 424. The molecule has 0 aromatic carbocycles. The number of thiazole rings is 1. The normalized spacial score (nSPS) is 24.7. The van der Waals surface area contributed by atoms with Crippen LogP contribution in [0.3, 0.4) is 0 Å². The van der Waals surface area contributed by atoms with E-state index in [0.717, 1.165) is 25.4 Å². The van der Waals surface area contributed by atoms with Crippen LogP contribution in [0.5, 0.6) is 0 Å². The summed E-state index contributed by atoms with van der Waals surface area (Å²) in [6, 6.07) is 0.493. The Labute approximate surface area is 124 Å². The van der Waals surface area contributed by atoms with Crippen molar-refractivity contribution in [2.24, 2.45) is 5.92 Å². The average Bonchev–Trinajstić information content (AvgIpc) is 2.82. The van der Waals surface area contributed by atoms with E-state index in [1.807, 2.05) is 23.1 Å². The molecule has 1 saturated heterocycles. The average molecular weight is 297 g/mol. The maximum Gasteiger partial charge on any atom is 0.111 e. The van der Waals surface area contributed by atoms with Crippen molar-refractivity contribution in [2.75, 3.05) is 31.1 Å². The number of rotatable bonds is 3. The van der Waals surface area contributed by atoms with Gasteiger partial charge in [0.25, 0.3) is 0 Å². The second-order valence-corrected chi connectivity index (χ2v) is 8.15. The Morgan fingerprint density at radius 3 is 3.11 bits per heavy atom. The van der Waals surface area contributed by atoms with Crippen LogP contribution in [-0.2, 0) is 13.0 Å². The third-order valence-electron chi connectivity index (χ3n) is 3.67. The van der Waals surface area contributed by atoms with Crippen LogP contribution in [0, 0.1) is 5.92 Å². The molecule has 1 fully saturated rings. The van der Waals surface area contributed by atoms with Crippen LogP contribution < -0.4 is 5.32 Å². The zero-order valence-corrected chi connectivity index (χ0v) is 13.4. The first-order valence-electron chi connectivity index (χ1n) is 7.24. The van der Waals surface area contributed by atoms with Gasteiger partial charge < -0.3 is 5.32 Å². The number of hydrogen-bond donors (Lipinski definition) is 1. The maximum absolute atomic E-state index is 4.90. The molecule has 3 nitrogen and oxygen atoms in total. The fourth-order valence-electron chi connectivity index (χ4n) is 2.81. The largest absolute Gasteiger partial charge is 0.306 e. The molecule has 0 saturated carbocycles. The monoisotopic (exact) mass is 297 g/mol. The Morgan fingerprint density at radius 1 is 1.47 bits per heavy atom. The summed E-state index contributed by atoms with van der Waals surface area (Å²) in [7, 11) is 0. The molecule has 0 radical (unpaired) electrons. The summed E-state index contributed by atoms with van der Waals surface area (Å²) in [5.41, 5.74) is 1.37. The van der Waals surface area contributed by atoms with Gasteiger partial charge in [0.15, 0.2) is 0 Å². The number of nitrogens with zero attached hydrogens (tertiary/aromatic N) is 2. The molecule has 0 spiro atoms. The summed E-state index contributed by atoms with van der Waals surface area (Å²) in [5, 5.41) is 4.92. The predicted octanol–water partition coefficient (Wildman–Crippen LogP) is 2.53. The molecule has 19 heavy (non-hydrogen) atoms. The Balaban J connectivity index is 1.69. The molecule has 0 bridgehead atoms. The summed E-state index contributed by atoms with van der Waals surface area (Å²) >= 11 is 3.99. The molecule has 1 N–H and O–H groups in total. The zero-order valence-electron chi connectivity index (χ0n) is 11.8. The number of thioether (sulfide) groups is 1. The van der Waals surface area contributed by atoms with E-state index in [1.165, 1.54) is 40.2 Å². The van der Waals surface area contributed by atoms with Crippen LogP contribution in [0.15, 0.2) is 0 Å². The minimum atomic E-state index is 0.493. The smallest absolute Gasteiger partial charge is 0.111 e. The van der Waals surface area contributed by atoms with Crippen LogP contribution in [0.4, 0.5) is 0 Å². The second kappa shape index (κ2) is 6.12. The van der Waals surface area contributed by atoms with Crippen LogP contribution in [-0.4, -0.2) is 41.0 Å². The van der Waals surface area contributed by atoms with Gasteiger partial charge in [-0.15, -0.1) is 11.3 Å². The molecule has 1 aromatic heterocycles. The van der Waals surface area contributed by atoms with Crippen molar-refractivity contribution in [3.8, 4) is 0 Å². The molecule has 3 heterocycles. The fraction of sp³-hybridized carbons (Fsp3) is 0.786. The molecular formula is C14H23N3S2. The van der Waals surface area contributed by atoms with Crippen molar-refractivity contribution in [3.05, 3.63) is 15.6 Å². The third-order valence-corrected chi connectivity index (χ3v) is 5.93. The van der Waals surface area contributed by atoms with Gasteiger partial charge >= 0.3 is 0 Å². The Kier molecular flexibility index (Phi) is 4.47. The Hall–Kier alpha value is -0.100. The van der Waals surface area contributed by atoms with Gasteiger partial charge in [0.1, 0.15) is 5.01 Å². The van der Waals surface area contributed by atoms with Gasteiger partial charge in [-0.3, -0.25) is 4.90 Å². The molecular weight excluding hydrogens is 274 g/mol. The summed E-state index contributed by atoms with van der Waals surface area (Å²) < 4.78 is 0. The topological polar surface area (TPSA) is 28.2 Å². The molecule has 5 heteroatoms. The van der Waals surface area contributed by atoms with Crippen LogP contribution >= 0.6 is 23.1 Å². The van der Waals surface area contributed by atoms with E-state index in [1.54, 1.807) is 0 Å². The summed E-state index contributed by atoms with van der Waals surface area (Å²) in [5.74, 6) is 3.18. The molecule has 2 aliphatic rings. The van der Waals surface area contributed by atoms with Gasteiger partial charge in [0, 0.05) is 49.0 Å². The van der Waals surface area contributed by atoms with Crippen molar-refractivity contribution in [2.45, 2.75) is 32.9 Å². The van der Waals surface area contributed by atoms with Crippen molar-refractivity contribution in [3.63, 3.8) is 0 Å². The first-order valence-corrected chi connectivity index (χ1v) is 9.21. The zero-order chi connectivity index (χ0) is 13.2. The number of aromatic nitrogens is 1. The SMILES string of the molecule is CC(C)CN1CCc2nc(C3CSCCN3)sc2C1. The van der Waals surface area contributed by atoms with Crippen molar-refractivity contribution >= 4 is 23.1 Å². The number of nitrogens with one attached hydrogen (secondary N) is 1. The highest BCUT2D eigenvalue weighted by molar-refractivity contribution is 7.99. The van der Waals surface area contributed by atoms with Crippen LogP contribution in [0.25, 0.3) is 0 Å². The van der Waals surface area contributed by atoms with E-state index < -0.39 is 0 Å². The van der Waals surface area contributed by atoms with Crippen molar-refractivity contribution < 1.29 is 0 Å². The van der Waals surface area contributed by atoms with Crippen LogP contribution in [0.2, 0.25) is 0 Å². The molecule has 1 unspecified atom stereocenters. The lowest BCUT2D eigenvalue weighted by Gasteiger charge is -2.27. The van der Waals surface area contributed by atoms with Gasteiger partial charge in [0.2, 0.25) is 0 Å². The van der Waals surface area contributed by atoms with E-state index in [9.17, 15) is 0 Å². The Morgan fingerprint density at radius 2 is 2.37 bits per heavy atom. The molecule has 0 amide bonds. The van der Waals surface area contributed by atoms with Crippen molar-refractivity contribution in [1.82, 2.24) is 15.2 Å². The quantitative estimate of drug-likeness (QED) is 0.928. The van der Waals surface area contributed by atoms with Gasteiger partial charge in [-0.25, -0.2) is 4.98 Å². The van der Waals surface area contributed by atoms with Crippen LogP contribution in [0.1, 0.15) is 35.5 Å². The van der Waals surface area contributed by atoms with Gasteiger partial charge in [0.05, 0.1) is 11.7 Å². The molecule has 106 valence electrons. The van der Waals surface area contributed by atoms with E-state index in [4.69, 9.17) is 4.98 Å². The van der Waals surface area contributed by atoms with Gasteiger partial charge in [-0.1, -0.05) is 13.8 Å². The highest BCUT2D eigenvalue weighted by atomic mass is 32.2.